The lowest BCUT2D eigenvalue weighted by molar-refractivity contribution is -0.335. The second-order valence-electron chi connectivity index (χ2n) is 1.90. The summed E-state index contributed by atoms with van der Waals surface area (Å²) in [5, 5.41) is 7.64. The molecule has 0 radical (unpaired) electrons. The van der Waals surface area contributed by atoms with E-state index in [2.05, 4.69) is 0 Å². The molecule has 1 N–H and O–H groups in total. The van der Waals surface area contributed by atoms with Gasteiger partial charge in [0.25, 0.3) is 0 Å². The van der Waals surface area contributed by atoms with Crippen molar-refractivity contribution in [3.63, 3.8) is 0 Å². The van der Waals surface area contributed by atoms with E-state index in [4.69, 9.17) is 5.11 Å². The van der Waals surface area contributed by atoms with E-state index in [9.17, 15) is 30.7 Å². The van der Waals surface area contributed by atoms with Crippen LogP contribution in [0.2, 0.25) is 0 Å². The Morgan fingerprint density at radius 2 is 1.17 bits per heavy atom. The molecule has 0 aromatic heterocycles. The Bertz CT molecular complexity index is 135. The highest BCUT2D eigenvalue weighted by Gasteiger charge is 2.66. The molecule has 1 atom stereocenters. The van der Waals surface area contributed by atoms with Crippen molar-refractivity contribution in [3.05, 3.63) is 0 Å². The number of hydrogen-bond donors (Lipinski definition) is 1. The molecule has 1 unspecified atom stereocenters. The van der Waals surface area contributed by atoms with Crippen LogP contribution < -0.4 is 0 Å². The first kappa shape index (κ1) is 11.5. The zero-order valence-electron chi connectivity index (χ0n) is 5.25. The third-order valence-electron chi connectivity index (χ3n) is 1.03. The van der Waals surface area contributed by atoms with Gasteiger partial charge in [-0.25, -0.2) is 17.6 Å². The topological polar surface area (TPSA) is 20.2 Å². The Kier molecular flexibility index (Phi) is 2.94. The van der Waals surface area contributed by atoms with Crippen molar-refractivity contribution in [1.29, 1.82) is 0 Å². The van der Waals surface area contributed by atoms with Crippen LogP contribution in [-0.2, 0) is 0 Å². The summed E-state index contributed by atoms with van der Waals surface area (Å²) >= 11 is 0. The zero-order valence-corrected chi connectivity index (χ0v) is 5.25. The average Bonchev–Trinajstić information content (AvgIpc) is 1.86. The molecule has 0 aromatic rings. The van der Waals surface area contributed by atoms with Crippen LogP contribution in [0.25, 0.3) is 0 Å². The molecule has 0 fully saturated rings. The van der Waals surface area contributed by atoms with Gasteiger partial charge in [-0.2, -0.15) is 13.2 Å². The second-order valence-corrected chi connectivity index (χ2v) is 1.90. The van der Waals surface area contributed by atoms with E-state index in [0.29, 0.717) is 0 Å². The van der Waals surface area contributed by atoms with Crippen molar-refractivity contribution in [2.24, 2.45) is 0 Å². The molecule has 0 heterocycles. The van der Waals surface area contributed by atoms with E-state index in [1.165, 1.54) is 0 Å². The van der Waals surface area contributed by atoms with Gasteiger partial charge in [-0.1, -0.05) is 0 Å². The van der Waals surface area contributed by atoms with E-state index >= 15 is 0 Å². The van der Waals surface area contributed by atoms with Crippen LogP contribution in [-0.4, -0.2) is 29.7 Å². The van der Waals surface area contributed by atoms with Gasteiger partial charge in [0, 0.05) is 0 Å². The normalized spacial score (nSPS) is 18.5. The molecule has 0 aromatic carbocycles. The molecule has 8 heteroatoms. The number of rotatable bonds is 3. The molecule has 0 aliphatic rings. The summed E-state index contributed by atoms with van der Waals surface area (Å²) in [5.41, 5.74) is 0. The third kappa shape index (κ3) is 1.62. The minimum atomic E-state index is -5.78. The van der Waals surface area contributed by atoms with Gasteiger partial charge in [-0.15, -0.1) is 0 Å². The highest BCUT2D eigenvalue weighted by Crippen LogP contribution is 2.39. The summed E-state index contributed by atoms with van der Waals surface area (Å²) in [4.78, 5) is 0. The Labute approximate surface area is 61.8 Å². The highest BCUT2D eigenvalue weighted by atomic mass is 19.3. The zero-order chi connectivity index (χ0) is 10.2. The molecule has 74 valence electrons. The van der Waals surface area contributed by atoms with Crippen LogP contribution in [0.4, 0.5) is 30.7 Å². The Morgan fingerprint density at radius 1 is 0.833 bits per heavy atom. The lowest BCUT2D eigenvalue weighted by Gasteiger charge is -2.26. The van der Waals surface area contributed by atoms with Gasteiger partial charge >= 0.3 is 24.6 Å². The molecule has 0 aliphatic carbocycles. The highest BCUT2D eigenvalue weighted by molar-refractivity contribution is 4.88. The fraction of sp³-hybridized carbons (Fsp3) is 1.00. The summed E-state index contributed by atoms with van der Waals surface area (Å²) in [6.45, 7) is 0. The van der Waals surface area contributed by atoms with Gasteiger partial charge < -0.3 is 5.11 Å². The minimum absolute atomic E-state index is 4.60. The first-order valence-electron chi connectivity index (χ1n) is 2.49. The standard InChI is InChI=1S/C4H3F7O/c5-1(6)3(9,10)4(11,12)2(7)8/h1-2,12H. The van der Waals surface area contributed by atoms with Crippen molar-refractivity contribution in [1.82, 2.24) is 0 Å². The fourth-order valence-electron chi connectivity index (χ4n) is 0.299. The van der Waals surface area contributed by atoms with Crippen LogP contribution in [0, 0.1) is 0 Å². The number of hydrogen-bond acceptors (Lipinski definition) is 1. The van der Waals surface area contributed by atoms with Crippen LogP contribution in [0.1, 0.15) is 0 Å². The predicted molar refractivity (Wildman–Crippen MR) is 23.0 cm³/mol. The maximum absolute atomic E-state index is 11.8. The Hall–Kier alpha value is -0.530. The van der Waals surface area contributed by atoms with Gasteiger partial charge in [0.05, 0.1) is 0 Å². The number of alkyl halides is 7. The van der Waals surface area contributed by atoms with Crippen molar-refractivity contribution in [2.75, 3.05) is 0 Å². The largest absolute Gasteiger partial charge is 0.370 e. The van der Waals surface area contributed by atoms with E-state index in [0.717, 1.165) is 0 Å². The van der Waals surface area contributed by atoms with Crippen molar-refractivity contribution < 1.29 is 35.8 Å². The van der Waals surface area contributed by atoms with Crippen molar-refractivity contribution in [2.45, 2.75) is 24.6 Å². The van der Waals surface area contributed by atoms with Crippen molar-refractivity contribution in [3.8, 4) is 0 Å². The van der Waals surface area contributed by atoms with Crippen LogP contribution in [0.15, 0.2) is 0 Å². The number of aliphatic hydroxyl groups is 1. The van der Waals surface area contributed by atoms with Gasteiger partial charge in [0.15, 0.2) is 0 Å². The Morgan fingerprint density at radius 3 is 1.25 bits per heavy atom. The monoisotopic (exact) mass is 200 g/mol. The Balaban J connectivity index is 4.75. The summed E-state index contributed by atoms with van der Waals surface area (Å²) in [7, 11) is 0. The van der Waals surface area contributed by atoms with Gasteiger partial charge in [0.1, 0.15) is 0 Å². The molecular formula is C4H3F7O. The lowest BCUT2D eigenvalue weighted by Crippen LogP contribution is -2.54. The van der Waals surface area contributed by atoms with E-state index in [1.54, 1.807) is 0 Å². The third-order valence-corrected chi connectivity index (χ3v) is 1.03. The van der Waals surface area contributed by atoms with Crippen LogP contribution >= 0.6 is 0 Å². The minimum Gasteiger partial charge on any atom is -0.353 e. The van der Waals surface area contributed by atoms with Gasteiger partial charge in [-0.05, 0) is 0 Å². The molecule has 0 saturated heterocycles. The quantitative estimate of drug-likeness (QED) is 0.688. The molecule has 0 bridgehead atoms. The average molecular weight is 200 g/mol. The first-order chi connectivity index (χ1) is 5.14. The molecule has 0 spiro atoms. The van der Waals surface area contributed by atoms with Gasteiger partial charge in [0.2, 0.25) is 0 Å². The molecule has 0 aliphatic heterocycles. The molecule has 0 rings (SSSR count). The summed E-state index contributed by atoms with van der Waals surface area (Å²) in [6, 6.07) is 0. The smallest absolute Gasteiger partial charge is 0.353 e. The molecule has 0 saturated carbocycles. The maximum Gasteiger partial charge on any atom is 0.370 e. The molecular weight excluding hydrogens is 197 g/mol. The fourth-order valence-corrected chi connectivity index (χ4v) is 0.299. The lowest BCUT2D eigenvalue weighted by atomic mass is 10.1. The number of halogens is 7. The van der Waals surface area contributed by atoms with E-state index in [1.807, 2.05) is 0 Å². The van der Waals surface area contributed by atoms with Crippen LogP contribution in [0.5, 0.6) is 0 Å². The molecule has 1 nitrogen and oxygen atoms in total. The molecule has 0 amide bonds. The second kappa shape index (κ2) is 3.08. The summed E-state index contributed by atoms with van der Waals surface area (Å²) in [5.74, 6) is -11.3. The van der Waals surface area contributed by atoms with Gasteiger partial charge in [-0.3, -0.25) is 0 Å². The summed E-state index contributed by atoms with van der Waals surface area (Å²) < 4.78 is 80.1. The van der Waals surface area contributed by atoms with E-state index in [-0.39, 0.29) is 0 Å². The summed E-state index contributed by atoms with van der Waals surface area (Å²) in [6.07, 6.45) is -9.29. The van der Waals surface area contributed by atoms with Crippen LogP contribution in [0.3, 0.4) is 0 Å². The predicted octanol–water partition coefficient (Wildman–Crippen LogP) is 1.81. The maximum atomic E-state index is 11.8. The first-order valence-corrected chi connectivity index (χ1v) is 2.49. The SMILES string of the molecule is OC(F)(C(F)F)C(F)(F)C(F)F. The van der Waals surface area contributed by atoms with E-state index < -0.39 is 24.6 Å². The molecule has 12 heavy (non-hydrogen) atoms. The van der Waals surface area contributed by atoms with Crippen molar-refractivity contribution >= 4 is 0 Å².